The topological polar surface area (TPSA) is 58.6 Å². The molecule has 0 aromatic heterocycles. The number of rotatable bonds is 6. The number of aliphatic hydroxyl groups excluding tert-OH is 1. The molecule has 19 heavy (non-hydrogen) atoms. The van der Waals surface area contributed by atoms with E-state index in [0.717, 1.165) is 5.56 Å². The van der Waals surface area contributed by atoms with Crippen LogP contribution < -0.4 is 10.1 Å². The third kappa shape index (κ3) is 4.91. The Kier molecular flexibility index (Phi) is 5.83. The first-order valence-electron chi connectivity index (χ1n) is 6.54. The van der Waals surface area contributed by atoms with Crippen LogP contribution in [0.1, 0.15) is 25.0 Å². The van der Waals surface area contributed by atoms with Crippen LogP contribution in [0.25, 0.3) is 0 Å². The molecular formula is C15H23NO3. The summed E-state index contributed by atoms with van der Waals surface area (Å²) >= 11 is 0. The van der Waals surface area contributed by atoms with Crippen LogP contribution in [0.15, 0.2) is 18.2 Å². The van der Waals surface area contributed by atoms with Crippen LogP contribution in [0, 0.1) is 19.8 Å². The molecule has 1 atom stereocenters. The van der Waals surface area contributed by atoms with E-state index in [9.17, 15) is 4.79 Å². The summed E-state index contributed by atoms with van der Waals surface area (Å²) in [7, 11) is 0. The Labute approximate surface area is 114 Å². The lowest BCUT2D eigenvalue weighted by atomic mass is 10.1. The summed E-state index contributed by atoms with van der Waals surface area (Å²) in [6.45, 7) is 7.83. The average molecular weight is 265 g/mol. The number of aliphatic hydroxyl groups is 1. The Morgan fingerprint density at radius 3 is 2.53 bits per heavy atom. The van der Waals surface area contributed by atoms with Crippen LogP contribution in [-0.2, 0) is 4.79 Å². The van der Waals surface area contributed by atoms with E-state index in [1.807, 2.05) is 45.9 Å². The molecule has 1 aromatic rings. The zero-order chi connectivity index (χ0) is 14.4. The number of aryl methyl sites for hydroxylation is 2. The second-order valence-electron chi connectivity index (χ2n) is 5.14. The second-order valence-corrected chi connectivity index (χ2v) is 5.14. The van der Waals surface area contributed by atoms with Gasteiger partial charge in [0.25, 0.3) is 5.91 Å². The van der Waals surface area contributed by atoms with E-state index in [-0.39, 0.29) is 31.1 Å². The number of ether oxygens (including phenoxy) is 1. The Morgan fingerprint density at radius 2 is 2.00 bits per heavy atom. The van der Waals surface area contributed by atoms with E-state index >= 15 is 0 Å². The Morgan fingerprint density at radius 1 is 1.32 bits per heavy atom. The molecule has 1 rings (SSSR count). The highest BCUT2D eigenvalue weighted by Crippen LogP contribution is 2.16. The Bertz CT molecular complexity index is 429. The highest BCUT2D eigenvalue weighted by molar-refractivity contribution is 5.77. The lowest BCUT2D eigenvalue weighted by molar-refractivity contribution is -0.124. The molecule has 0 spiro atoms. The summed E-state index contributed by atoms with van der Waals surface area (Å²) in [5.41, 5.74) is 2.32. The van der Waals surface area contributed by atoms with Crippen LogP contribution in [-0.4, -0.2) is 30.3 Å². The monoisotopic (exact) mass is 265 g/mol. The lowest BCUT2D eigenvalue weighted by Gasteiger charge is -2.19. The van der Waals surface area contributed by atoms with Gasteiger partial charge in [-0.1, -0.05) is 19.9 Å². The van der Waals surface area contributed by atoms with Crippen molar-refractivity contribution >= 4 is 5.91 Å². The van der Waals surface area contributed by atoms with Crippen molar-refractivity contribution in [1.29, 1.82) is 0 Å². The lowest BCUT2D eigenvalue weighted by Crippen LogP contribution is -2.43. The summed E-state index contributed by atoms with van der Waals surface area (Å²) in [5.74, 6) is 0.657. The van der Waals surface area contributed by atoms with Gasteiger partial charge in [-0.3, -0.25) is 4.79 Å². The van der Waals surface area contributed by atoms with E-state index in [1.165, 1.54) is 5.56 Å². The minimum absolute atomic E-state index is 0.0360. The van der Waals surface area contributed by atoms with Gasteiger partial charge < -0.3 is 15.2 Å². The third-order valence-corrected chi connectivity index (χ3v) is 3.20. The molecule has 0 heterocycles. The fourth-order valence-corrected chi connectivity index (χ4v) is 1.62. The molecule has 0 fully saturated rings. The molecule has 1 aromatic carbocycles. The predicted molar refractivity (Wildman–Crippen MR) is 75.3 cm³/mol. The van der Waals surface area contributed by atoms with Crippen molar-refractivity contribution in [2.75, 3.05) is 13.2 Å². The van der Waals surface area contributed by atoms with Crippen LogP contribution in [0.3, 0.4) is 0 Å². The SMILES string of the molecule is Cc1ccc(OCC(=O)NC(CO)C(C)C)cc1C. The maximum atomic E-state index is 11.7. The molecule has 0 radical (unpaired) electrons. The largest absolute Gasteiger partial charge is 0.484 e. The smallest absolute Gasteiger partial charge is 0.258 e. The van der Waals surface area contributed by atoms with Crippen molar-refractivity contribution in [3.8, 4) is 5.75 Å². The molecule has 1 unspecified atom stereocenters. The Balaban J connectivity index is 2.47. The molecule has 0 bridgehead atoms. The van der Waals surface area contributed by atoms with Crippen LogP contribution >= 0.6 is 0 Å². The number of benzene rings is 1. The van der Waals surface area contributed by atoms with Crippen molar-refractivity contribution in [1.82, 2.24) is 5.32 Å². The predicted octanol–water partition coefficient (Wildman–Crippen LogP) is 1.82. The summed E-state index contributed by atoms with van der Waals surface area (Å²) in [6, 6.07) is 5.50. The van der Waals surface area contributed by atoms with Gasteiger partial charge in [-0.25, -0.2) is 0 Å². The first kappa shape index (κ1) is 15.5. The molecule has 0 aliphatic rings. The third-order valence-electron chi connectivity index (χ3n) is 3.20. The highest BCUT2D eigenvalue weighted by atomic mass is 16.5. The van der Waals surface area contributed by atoms with E-state index in [0.29, 0.717) is 5.75 Å². The fourth-order valence-electron chi connectivity index (χ4n) is 1.62. The van der Waals surface area contributed by atoms with Gasteiger partial charge in [-0.2, -0.15) is 0 Å². The molecule has 0 aliphatic carbocycles. The standard InChI is InChI=1S/C15H23NO3/c1-10(2)14(8-17)16-15(18)9-19-13-6-5-11(3)12(4)7-13/h5-7,10,14,17H,8-9H2,1-4H3,(H,16,18). The zero-order valence-corrected chi connectivity index (χ0v) is 12.1. The summed E-state index contributed by atoms with van der Waals surface area (Å²) < 4.78 is 5.44. The van der Waals surface area contributed by atoms with Gasteiger partial charge in [0.05, 0.1) is 12.6 Å². The number of amides is 1. The van der Waals surface area contributed by atoms with Crippen LogP contribution in [0.5, 0.6) is 5.75 Å². The highest BCUT2D eigenvalue weighted by Gasteiger charge is 2.15. The maximum absolute atomic E-state index is 11.7. The molecular weight excluding hydrogens is 242 g/mol. The van der Waals surface area contributed by atoms with Crippen molar-refractivity contribution in [3.05, 3.63) is 29.3 Å². The van der Waals surface area contributed by atoms with Gasteiger partial charge in [-0.15, -0.1) is 0 Å². The summed E-state index contributed by atoms with van der Waals surface area (Å²) in [5, 5.41) is 11.9. The van der Waals surface area contributed by atoms with E-state index in [2.05, 4.69) is 5.32 Å². The molecule has 2 N–H and O–H groups in total. The van der Waals surface area contributed by atoms with Gasteiger partial charge in [0.1, 0.15) is 5.75 Å². The number of carbonyl (C=O) groups is 1. The Hall–Kier alpha value is -1.55. The van der Waals surface area contributed by atoms with Gasteiger partial charge in [0.15, 0.2) is 6.61 Å². The first-order chi connectivity index (χ1) is 8.93. The fraction of sp³-hybridized carbons (Fsp3) is 0.533. The molecule has 1 amide bonds. The van der Waals surface area contributed by atoms with E-state index in [1.54, 1.807) is 0 Å². The summed E-state index contributed by atoms with van der Waals surface area (Å²) in [6.07, 6.45) is 0. The van der Waals surface area contributed by atoms with E-state index < -0.39 is 0 Å². The van der Waals surface area contributed by atoms with Crippen LogP contribution in [0.2, 0.25) is 0 Å². The first-order valence-corrected chi connectivity index (χ1v) is 6.54. The van der Waals surface area contributed by atoms with Gasteiger partial charge >= 0.3 is 0 Å². The molecule has 106 valence electrons. The minimum atomic E-state index is -0.226. The van der Waals surface area contributed by atoms with Crippen molar-refractivity contribution < 1.29 is 14.6 Å². The maximum Gasteiger partial charge on any atom is 0.258 e. The second kappa shape index (κ2) is 7.14. The quantitative estimate of drug-likeness (QED) is 0.825. The molecule has 0 aliphatic heterocycles. The normalized spacial score (nSPS) is 12.3. The number of hydrogen-bond acceptors (Lipinski definition) is 3. The van der Waals surface area contributed by atoms with Gasteiger partial charge in [0, 0.05) is 0 Å². The molecule has 4 nitrogen and oxygen atoms in total. The number of hydrogen-bond donors (Lipinski definition) is 2. The van der Waals surface area contributed by atoms with Crippen molar-refractivity contribution in [2.45, 2.75) is 33.7 Å². The zero-order valence-electron chi connectivity index (χ0n) is 12.1. The van der Waals surface area contributed by atoms with E-state index in [4.69, 9.17) is 9.84 Å². The minimum Gasteiger partial charge on any atom is -0.484 e. The van der Waals surface area contributed by atoms with Gasteiger partial charge in [0.2, 0.25) is 0 Å². The molecule has 4 heteroatoms. The van der Waals surface area contributed by atoms with Crippen LogP contribution in [0.4, 0.5) is 0 Å². The number of carbonyl (C=O) groups excluding carboxylic acids is 1. The van der Waals surface area contributed by atoms with Crippen molar-refractivity contribution in [3.63, 3.8) is 0 Å². The average Bonchev–Trinajstić information content (AvgIpc) is 2.37. The molecule has 0 saturated heterocycles. The van der Waals surface area contributed by atoms with Crippen molar-refractivity contribution in [2.24, 2.45) is 5.92 Å². The summed E-state index contributed by atoms with van der Waals surface area (Å²) in [4.78, 5) is 11.7. The van der Waals surface area contributed by atoms with Gasteiger partial charge in [-0.05, 0) is 43.0 Å². The molecule has 0 saturated carbocycles. The number of nitrogens with one attached hydrogen (secondary N) is 1.